The first-order valence-corrected chi connectivity index (χ1v) is 10.0. The molecule has 0 bridgehead atoms. The van der Waals surface area contributed by atoms with E-state index in [0.29, 0.717) is 30.6 Å². The number of carbonyl (C=O) groups excluding carboxylic acids is 1. The number of benzene rings is 1. The molecule has 2 unspecified atom stereocenters. The Labute approximate surface area is 161 Å². The molecule has 1 aromatic carbocycles. The predicted octanol–water partition coefficient (Wildman–Crippen LogP) is 2.53. The highest BCUT2D eigenvalue weighted by atomic mass is 16.1. The lowest BCUT2D eigenvalue weighted by molar-refractivity contribution is -0.122. The number of nitrogen functional groups attached to an aromatic ring is 1. The van der Waals surface area contributed by atoms with Gasteiger partial charge in [-0.1, -0.05) is 25.1 Å². The highest BCUT2D eigenvalue weighted by Crippen LogP contribution is 2.22. The lowest BCUT2D eigenvalue weighted by Crippen LogP contribution is -2.35. The third-order valence-electron chi connectivity index (χ3n) is 5.37. The maximum absolute atomic E-state index is 12.2. The lowest BCUT2D eigenvalue weighted by Gasteiger charge is -2.28. The zero-order valence-corrected chi connectivity index (χ0v) is 16.2. The van der Waals surface area contributed by atoms with Crippen LogP contribution in [0.1, 0.15) is 38.3 Å². The highest BCUT2D eigenvalue weighted by Gasteiger charge is 2.21. The molecule has 27 heavy (non-hydrogen) atoms. The molecule has 0 spiro atoms. The molecule has 1 aliphatic heterocycles. The number of piperidine rings is 1. The van der Waals surface area contributed by atoms with Crippen LogP contribution >= 0.6 is 0 Å². The molecule has 3 rings (SSSR count). The highest BCUT2D eigenvalue weighted by molar-refractivity contribution is 5.76. The minimum atomic E-state index is 0.155. The van der Waals surface area contributed by atoms with Crippen LogP contribution < -0.4 is 16.4 Å². The Bertz CT molecular complexity index is 721. The Kier molecular flexibility index (Phi) is 6.87. The number of rotatable bonds is 8. The second-order valence-corrected chi connectivity index (χ2v) is 7.55. The monoisotopic (exact) mass is 369 g/mol. The van der Waals surface area contributed by atoms with Crippen molar-refractivity contribution in [3.63, 3.8) is 0 Å². The maximum Gasteiger partial charge on any atom is 0.220 e. The zero-order valence-electron chi connectivity index (χ0n) is 16.2. The van der Waals surface area contributed by atoms with Crippen LogP contribution in [0.2, 0.25) is 0 Å². The fourth-order valence-corrected chi connectivity index (χ4v) is 3.74. The number of nitrogens with one attached hydrogen (secondary N) is 2. The van der Waals surface area contributed by atoms with Crippen LogP contribution in [0, 0.1) is 11.8 Å². The summed E-state index contributed by atoms with van der Waals surface area (Å²) in [4.78, 5) is 12.2. The van der Waals surface area contributed by atoms with Gasteiger partial charge in [-0.25, -0.2) is 4.68 Å². The Morgan fingerprint density at radius 2 is 2.22 bits per heavy atom. The molecule has 0 aliphatic carbocycles. The van der Waals surface area contributed by atoms with Gasteiger partial charge in [-0.15, -0.1) is 0 Å². The summed E-state index contributed by atoms with van der Waals surface area (Å²) in [6.07, 6.45) is 4.72. The van der Waals surface area contributed by atoms with Crippen molar-refractivity contribution in [3.8, 4) is 5.69 Å². The van der Waals surface area contributed by atoms with Gasteiger partial charge in [-0.3, -0.25) is 4.79 Å². The molecular weight excluding hydrogens is 338 g/mol. The van der Waals surface area contributed by atoms with Crippen molar-refractivity contribution < 1.29 is 4.79 Å². The van der Waals surface area contributed by atoms with Gasteiger partial charge < -0.3 is 16.4 Å². The van der Waals surface area contributed by atoms with Crippen LogP contribution in [-0.2, 0) is 11.2 Å². The van der Waals surface area contributed by atoms with Gasteiger partial charge in [0.1, 0.15) is 5.82 Å². The van der Waals surface area contributed by atoms with E-state index in [1.807, 2.05) is 36.4 Å². The molecule has 146 valence electrons. The number of nitrogens with zero attached hydrogens (tertiary/aromatic N) is 2. The summed E-state index contributed by atoms with van der Waals surface area (Å²) >= 11 is 0. The van der Waals surface area contributed by atoms with Gasteiger partial charge in [-0.05, 0) is 62.7 Å². The second kappa shape index (κ2) is 9.55. The number of nitrogens with two attached hydrogens (primary N) is 1. The standard InChI is InChI=1S/C21H31N5O/c1-16(17-7-5-11-23-15-17)13-21(27)24-12-6-8-18-14-20(22)26(25-18)19-9-3-2-4-10-19/h2-4,9-10,14,16-17,23H,5-8,11-13,15,22H2,1H3,(H,24,27). The van der Waals surface area contributed by atoms with Crippen LogP contribution in [0.4, 0.5) is 5.82 Å². The maximum atomic E-state index is 12.2. The molecule has 1 amide bonds. The molecule has 1 saturated heterocycles. The van der Waals surface area contributed by atoms with Crippen LogP contribution in [0.3, 0.4) is 0 Å². The van der Waals surface area contributed by atoms with Crippen molar-refractivity contribution >= 4 is 11.7 Å². The number of amides is 1. The molecule has 6 nitrogen and oxygen atoms in total. The van der Waals surface area contributed by atoms with Crippen molar-refractivity contribution in [1.29, 1.82) is 0 Å². The van der Waals surface area contributed by atoms with Crippen molar-refractivity contribution in [2.75, 3.05) is 25.4 Å². The first-order chi connectivity index (χ1) is 13.1. The van der Waals surface area contributed by atoms with E-state index in [1.165, 1.54) is 12.8 Å². The van der Waals surface area contributed by atoms with E-state index in [2.05, 4.69) is 22.7 Å². The SMILES string of the molecule is CC(CC(=O)NCCCc1cc(N)n(-c2ccccc2)n1)C1CCCNC1. The summed E-state index contributed by atoms with van der Waals surface area (Å²) in [7, 11) is 0. The molecule has 1 aromatic heterocycles. The molecule has 2 heterocycles. The number of hydrogen-bond donors (Lipinski definition) is 3. The average Bonchev–Trinajstić information content (AvgIpc) is 3.07. The van der Waals surface area contributed by atoms with Crippen LogP contribution in [-0.4, -0.2) is 35.3 Å². The summed E-state index contributed by atoms with van der Waals surface area (Å²) in [6, 6.07) is 11.8. The minimum absolute atomic E-state index is 0.155. The number of hydrogen-bond acceptors (Lipinski definition) is 4. The molecule has 6 heteroatoms. The third kappa shape index (κ3) is 5.57. The zero-order chi connectivity index (χ0) is 19.1. The third-order valence-corrected chi connectivity index (χ3v) is 5.37. The van der Waals surface area contributed by atoms with Gasteiger partial charge in [0.15, 0.2) is 0 Å². The van der Waals surface area contributed by atoms with E-state index in [1.54, 1.807) is 4.68 Å². The van der Waals surface area contributed by atoms with Gasteiger partial charge in [0.05, 0.1) is 11.4 Å². The van der Waals surface area contributed by atoms with Crippen molar-refractivity contribution in [3.05, 3.63) is 42.1 Å². The number of carbonyl (C=O) groups is 1. The Hall–Kier alpha value is -2.34. The molecule has 0 radical (unpaired) electrons. The summed E-state index contributed by atoms with van der Waals surface area (Å²) in [5, 5.41) is 11.1. The molecule has 1 aliphatic rings. The summed E-state index contributed by atoms with van der Waals surface area (Å²) < 4.78 is 1.76. The Morgan fingerprint density at radius 3 is 2.96 bits per heavy atom. The number of aryl methyl sites for hydroxylation is 1. The van der Waals surface area contributed by atoms with E-state index in [-0.39, 0.29) is 5.91 Å². The fourth-order valence-electron chi connectivity index (χ4n) is 3.74. The topological polar surface area (TPSA) is 85.0 Å². The minimum Gasteiger partial charge on any atom is -0.384 e. The number of para-hydroxylation sites is 1. The van der Waals surface area contributed by atoms with Gasteiger partial charge in [-0.2, -0.15) is 5.10 Å². The van der Waals surface area contributed by atoms with Crippen molar-refractivity contribution in [2.24, 2.45) is 11.8 Å². The van der Waals surface area contributed by atoms with Crippen molar-refractivity contribution in [1.82, 2.24) is 20.4 Å². The van der Waals surface area contributed by atoms with Crippen LogP contribution in [0.15, 0.2) is 36.4 Å². The molecular formula is C21H31N5O. The average molecular weight is 370 g/mol. The van der Waals surface area contributed by atoms with E-state index in [0.717, 1.165) is 37.3 Å². The largest absolute Gasteiger partial charge is 0.384 e. The molecule has 4 N–H and O–H groups in total. The Balaban J connectivity index is 1.39. The first kappa shape index (κ1) is 19.4. The number of anilines is 1. The fraction of sp³-hybridized carbons (Fsp3) is 0.524. The summed E-state index contributed by atoms with van der Waals surface area (Å²) in [6.45, 7) is 5.02. The van der Waals surface area contributed by atoms with Crippen LogP contribution in [0.25, 0.3) is 5.69 Å². The summed E-state index contributed by atoms with van der Waals surface area (Å²) in [5.74, 6) is 1.84. The Morgan fingerprint density at radius 1 is 1.41 bits per heavy atom. The molecule has 1 fully saturated rings. The van der Waals surface area contributed by atoms with E-state index >= 15 is 0 Å². The molecule has 2 atom stereocenters. The second-order valence-electron chi connectivity index (χ2n) is 7.55. The number of aromatic nitrogens is 2. The predicted molar refractivity (Wildman–Crippen MR) is 109 cm³/mol. The quantitative estimate of drug-likeness (QED) is 0.624. The first-order valence-electron chi connectivity index (χ1n) is 10.0. The van der Waals surface area contributed by atoms with Gasteiger partial charge in [0.25, 0.3) is 0 Å². The van der Waals surface area contributed by atoms with E-state index < -0.39 is 0 Å². The van der Waals surface area contributed by atoms with E-state index in [4.69, 9.17) is 5.73 Å². The smallest absolute Gasteiger partial charge is 0.220 e. The molecule has 2 aromatic rings. The lowest BCUT2D eigenvalue weighted by atomic mass is 9.85. The molecule has 0 saturated carbocycles. The van der Waals surface area contributed by atoms with Gasteiger partial charge >= 0.3 is 0 Å². The normalized spacial score (nSPS) is 18.2. The van der Waals surface area contributed by atoms with Crippen LogP contribution in [0.5, 0.6) is 0 Å². The van der Waals surface area contributed by atoms with E-state index in [9.17, 15) is 4.79 Å². The summed E-state index contributed by atoms with van der Waals surface area (Å²) in [5.41, 5.74) is 7.99. The van der Waals surface area contributed by atoms with Gasteiger partial charge in [0.2, 0.25) is 5.91 Å². The van der Waals surface area contributed by atoms with Gasteiger partial charge in [0, 0.05) is 19.0 Å². The van der Waals surface area contributed by atoms with Crippen molar-refractivity contribution in [2.45, 2.75) is 39.0 Å².